The van der Waals surface area contributed by atoms with Crippen molar-refractivity contribution in [1.29, 1.82) is 0 Å². The topological polar surface area (TPSA) is 46.6 Å². The number of hydrogen-bond donors (Lipinski definition) is 0. The maximum atomic E-state index is 12.8. The predicted octanol–water partition coefficient (Wildman–Crippen LogP) is 3.96. The molecule has 24 heavy (non-hydrogen) atoms. The fraction of sp³-hybridized carbons (Fsp3) is 0.100. The molecule has 0 fully saturated rings. The first kappa shape index (κ1) is 14.5. The molecule has 0 N–H and O–H groups in total. The van der Waals surface area contributed by atoms with Gasteiger partial charge in [-0.1, -0.05) is 24.3 Å². The Kier molecular flexibility index (Phi) is 3.13. The molecule has 0 atom stereocenters. The minimum Gasteiger partial charge on any atom is -0.497 e. The van der Waals surface area contributed by atoms with Crippen LogP contribution >= 0.6 is 0 Å². The molecular formula is C20H15NO3. The molecule has 0 radical (unpaired) electrons. The first-order valence-electron chi connectivity index (χ1n) is 7.66. The molecular weight excluding hydrogens is 302 g/mol. The first-order valence-corrected chi connectivity index (χ1v) is 7.66. The summed E-state index contributed by atoms with van der Waals surface area (Å²) in [4.78, 5) is 26.9. The van der Waals surface area contributed by atoms with Gasteiger partial charge in [-0.2, -0.15) is 0 Å². The third-order valence-electron chi connectivity index (χ3n) is 4.40. The summed E-state index contributed by atoms with van der Waals surface area (Å²) in [5.41, 5.74) is 2.31. The zero-order chi connectivity index (χ0) is 16.8. The number of amides is 2. The van der Waals surface area contributed by atoms with Gasteiger partial charge in [0.1, 0.15) is 5.75 Å². The maximum absolute atomic E-state index is 12.8. The summed E-state index contributed by atoms with van der Waals surface area (Å²) in [6.45, 7) is 1.86. The van der Waals surface area contributed by atoms with Crippen LogP contribution in [0.1, 0.15) is 26.3 Å². The molecule has 0 aromatic heterocycles. The van der Waals surface area contributed by atoms with Gasteiger partial charge < -0.3 is 4.74 Å². The smallest absolute Gasteiger partial charge is 0.266 e. The molecule has 0 aliphatic carbocycles. The van der Waals surface area contributed by atoms with E-state index < -0.39 is 0 Å². The van der Waals surface area contributed by atoms with Crippen molar-refractivity contribution in [2.45, 2.75) is 6.92 Å². The minimum atomic E-state index is -0.283. The fourth-order valence-corrected chi connectivity index (χ4v) is 3.15. The Morgan fingerprint density at radius 1 is 0.833 bits per heavy atom. The second-order valence-electron chi connectivity index (χ2n) is 5.84. The fourth-order valence-electron chi connectivity index (χ4n) is 3.15. The summed E-state index contributed by atoms with van der Waals surface area (Å²) in [7, 11) is 1.59. The lowest BCUT2D eigenvalue weighted by Crippen LogP contribution is -2.30. The number of fused-ring (bicyclic) bond motifs is 2. The summed E-state index contributed by atoms with van der Waals surface area (Å²) in [6.07, 6.45) is 0. The van der Waals surface area contributed by atoms with Gasteiger partial charge in [-0.05, 0) is 53.6 Å². The first-order chi connectivity index (χ1) is 11.6. The third kappa shape index (κ3) is 2.00. The molecule has 1 aliphatic heterocycles. The third-order valence-corrected chi connectivity index (χ3v) is 4.40. The monoisotopic (exact) mass is 317 g/mol. The zero-order valence-corrected chi connectivity index (χ0v) is 13.4. The molecule has 1 aliphatic rings. The lowest BCUT2D eigenvalue weighted by molar-refractivity contribution is 0.0926. The molecule has 1 heterocycles. The number of imide groups is 1. The van der Waals surface area contributed by atoms with Crippen molar-refractivity contribution in [3.63, 3.8) is 0 Å². The van der Waals surface area contributed by atoms with E-state index in [1.165, 1.54) is 4.90 Å². The van der Waals surface area contributed by atoms with Crippen LogP contribution in [0.2, 0.25) is 0 Å². The SMILES string of the molecule is COc1ccc(N2C(=O)c3cc4ccccc4cc3C2=O)c(C)c1. The van der Waals surface area contributed by atoms with Crippen LogP contribution in [0.5, 0.6) is 5.75 Å². The molecule has 0 unspecified atom stereocenters. The number of anilines is 1. The van der Waals surface area contributed by atoms with Gasteiger partial charge in [-0.25, -0.2) is 4.90 Å². The number of aryl methyl sites for hydroxylation is 1. The van der Waals surface area contributed by atoms with E-state index in [0.29, 0.717) is 22.6 Å². The number of carbonyl (C=O) groups is 2. The van der Waals surface area contributed by atoms with E-state index in [2.05, 4.69) is 0 Å². The highest BCUT2D eigenvalue weighted by Crippen LogP contribution is 2.34. The van der Waals surface area contributed by atoms with Gasteiger partial charge in [0.25, 0.3) is 11.8 Å². The van der Waals surface area contributed by atoms with Crippen LogP contribution in [0, 0.1) is 6.92 Å². The Hall–Kier alpha value is -3.14. The largest absolute Gasteiger partial charge is 0.497 e. The normalized spacial score (nSPS) is 13.5. The zero-order valence-electron chi connectivity index (χ0n) is 13.4. The van der Waals surface area contributed by atoms with E-state index in [-0.39, 0.29) is 11.8 Å². The molecule has 0 bridgehead atoms. The van der Waals surface area contributed by atoms with Crippen molar-refractivity contribution in [2.75, 3.05) is 12.0 Å². The van der Waals surface area contributed by atoms with E-state index in [9.17, 15) is 9.59 Å². The van der Waals surface area contributed by atoms with E-state index in [1.807, 2.05) is 37.3 Å². The van der Waals surface area contributed by atoms with Gasteiger partial charge in [-0.3, -0.25) is 9.59 Å². The van der Waals surface area contributed by atoms with E-state index in [1.54, 1.807) is 31.4 Å². The Bertz CT molecular complexity index is 952. The van der Waals surface area contributed by atoms with Crippen molar-refractivity contribution in [2.24, 2.45) is 0 Å². The van der Waals surface area contributed by atoms with Crippen LogP contribution in [0.15, 0.2) is 54.6 Å². The van der Waals surface area contributed by atoms with Gasteiger partial charge in [0, 0.05) is 0 Å². The molecule has 0 saturated carbocycles. The van der Waals surface area contributed by atoms with Crippen molar-refractivity contribution in [1.82, 2.24) is 0 Å². The molecule has 3 aromatic rings. The molecule has 4 nitrogen and oxygen atoms in total. The van der Waals surface area contributed by atoms with Gasteiger partial charge in [0.15, 0.2) is 0 Å². The highest BCUT2D eigenvalue weighted by molar-refractivity contribution is 6.35. The summed E-state index contributed by atoms with van der Waals surface area (Å²) in [5.74, 6) is 0.127. The second-order valence-corrected chi connectivity index (χ2v) is 5.84. The average molecular weight is 317 g/mol. The van der Waals surface area contributed by atoms with Gasteiger partial charge in [0.2, 0.25) is 0 Å². The lowest BCUT2D eigenvalue weighted by atomic mass is 10.0. The number of rotatable bonds is 2. The maximum Gasteiger partial charge on any atom is 0.266 e. The number of carbonyl (C=O) groups excluding carboxylic acids is 2. The highest BCUT2D eigenvalue weighted by Gasteiger charge is 2.37. The lowest BCUT2D eigenvalue weighted by Gasteiger charge is -2.17. The van der Waals surface area contributed by atoms with E-state index in [4.69, 9.17) is 4.74 Å². The van der Waals surface area contributed by atoms with Crippen LogP contribution in [0.4, 0.5) is 5.69 Å². The van der Waals surface area contributed by atoms with Crippen LogP contribution in [-0.4, -0.2) is 18.9 Å². The summed E-state index contributed by atoms with van der Waals surface area (Å²) in [6, 6.07) is 16.6. The summed E-state index contributed by atoms with van der Waals surface area (Å²) in [5, 5.41) is 1.90. The molecule has 4 rings (SSSR count). The Morgan fingerprint density at radius 2 is 1.42 bits per heavy atom. The quantitative estimate of drug-likeness (QED) is 0.672. The van der Waals surface area contributed by atoms with Crippen LogP contribution in [0.3, 0.4) is 0 Å². The number of ether oxygens (including phenoxy) is 1. The molecule has 2 amide bonds. The molecule has 118 valence electrons. The minimum absolute atomic E-state index is 0.283. The summed E-state index contributed by atoms with van der Waals surface area (Å²) < 4.78 is 5.19. The molecule has 0 saturated heterocycles. The molecule has 4 heteroatoms. The van der Waals surface area contributed by atoms with Crippen molar-refractivity contribution < 1.29 is 14.3 Å². The highest BCUT2D eigenvalue weighted by atomic mass is 16.5. The standard InChI is InChI=1S/C20H15NO3/c1-12-9-15(24-2)7-8-18(12)21-19(22)16-10-13-5-3-4-6-14(13)11-17(16)20(21)23/h3-11H,1-2H3. The summed E-state index contributed by atoms with van der Waals surface area (Å²) >= 11 is 0. The Morgan fingerprint density at radius 3 is 1.92 bits per heavy atom. The Balaban J connectivity index is 1.86. The second kappa shape index (κ2) is 5.20. The van der Waals surface area contributed by atoms with Gasteiger partial charge >= 0.3 is 0 Å². The number of benzene rings is 3. The van der Waals surface area contributed by atoms with Gasteiger partial charge in [-0.15, -0.1) is 0 Å². The van der Waals surface area contributed by atoms with Crippen molar-refractivity contribution in [3.05, 3.63) is 71.3 Å². The number of methoxy groups -OCH3 is 1. The number of nitrogens with zero attached hydrogens (tertiary/aromatic N) is 1. The van der Waals surface area contributed by atoms with E-state index in [0.717, 1.165) is 16.3 Å². The molecule has 0 spiro atoms. The predicted molar refractivity (Wildman–Crippen MR) is 92.8 cm³/mol. The van der Waals surface area contributed by atoms with Crippen LogP contribution < -0.4 is 9.64 Å². The van der Waals surface area contributed by atoms with Crippen molar-refractivity contribution >= 4 is 28.3 Å². The number of hydrogen-bond acceptors (Lipinski definition) is 3. The average Bonchev–Trinajstić information content (AvgIpc) is 2.84. The van der Waals surface area contributed by atoms with Gasteiger partial charge in [0.05, 0.1) is 23.9 Å². The van der Waals surface area contributed by atoms with Crippen LogP contribution in [-0.2, 0) is 0 Å². The van der Waals surface area contributed by atoms with E-state index >= 15 is 0 Å². The van der Waals surface area contributed by atoms with Crippen LogP contribution in [0.25, 0.3) is 10.8 Å². The molecule has 3 aromatic carbocycles. The van der Waals surface area contributed by atoms with Crippen molar-refractivity contribution in [3.8, 4) is 5.75 Å². The Labute approximate surface area is 139 Å².